The second-order valence-electron chi connectivity index (χ2n) is 6.61. The SMILES string of the molecule is CCCC(C)CCCCC(C)C(=O)OC(C)(C)C. The molecule has 0 saturated heterocycles. The van der Waals surface area contributed by atoms with E-state index in [4.69, 9.17) is 4.74 Å². The van der Waals surface area contributed by atoms with E-state index < -0.39 is 0 Å². The van der Waals surface area contributed by atoms with E-state index in [9.17, 15) is 4.79 Å². The third-order valence-corrected chi connectivity index (χ3v) is 3.17. The molecular weight excluding hydrogens is 224 g/mol. The molecule has 0 aliphatic carbocycles. The van der Waals surface area contributed by atoms with Crippen molar-refractivity contribution in [1.29, 1.82) is 0 Å². The maximum Gasteiger partial charge on any atom is 0.309 e. The summed E-state index contributed by atoms with van der Waals surface area (Å²) in [7, 11) is 0. The van der Waals surface area contributed by atoms with Crippen LogP contribution in [0, 0.1) is 11.8 Å². The molecule has 2 unspecified atom stereocenters. The number of carbonyl (C=O) groups is 1. The number of unbranched alkanes of at least 4 members (excludes halogenated alkanes) is 1. The van der Waals surface area contributed by atoms with Crippen LogP contribution < -0.4 is 0 Å². The minimum Gasteiger partial charge on any atom is -0.460 e. The van der Waals surface area contributed by atoms with Crippen LogP contribution >= 0.6 is 0 Å². The summed E-state index contributed by atoms with van der Waals surface area (Å²) in [5.74, 6) is 0.807. The van der Waals surface area contributed by atoms with Crippen molar-refractivity contribution >= 4 is 5.97 Å². The van der Waals surface area contributed by atoms with E-state index in [0.717, 1.165) is 18.8 Å². The van der Waals surface area contributed by atoms with E-state index in [2.05, 4.69) is 13.8 Å². The van der Waals surface area contributed by atoms with Crippen LogP contribution in [0.3, 0.4) is 0 Å². The average molecular weight is 256 g/mol. The van der Waals surface area contributed by atoms with Gasteiger partial charge in [-0.15, -0.1) is 0 Å². The quantitative estimate of drug-likeness (QED) is 0.453. The van der Waals surface area contributed by atoms with Crippen molar-refractivity contribution in [3.8, 4) is 0 Å². The summed E-state index contributed by atoms with van der Waals surface area (Å²) in [5, 5.41) is 0. The maximum atomic E-state index is 11.8. The van der Waals surface area contributed by atoms with Gasteiger partial charge in [-0.05, 0) is 33.1 Å². The molecule has 2 heteroatoms. The van der Waals surface area contributed by atoms with Gasteiger partial charge in [-0.3, -0.25) is 4.79 Å². The number of carbonyl (C=O) groups excluding carboxylic acids is 1. The molecule has 0 aromatic rings. The Kier molecular flexibility index (Phi) is 8.30. The van der Waals surface area contributed by atoms with Crippen LogP contribution in [-0.4, -0.2) is 11.6 Å². The smallest absolute Gasteiger partial charge is 0.309 e. The van der Waals surface area contributed by atoms with Crippen LogP contribution in [-0.2, 0) is 9.53 Å². The fourth-order valence-corrected chi connectivity index (χ4v) is 2.10. The minimum atomic E-state index is -0.360. The first-order chi connectivity index (χ1) is 8.26. The first-order valence-corrected chi connectivity index (χ1v) is 7.49. The van der Waals surface area contributed by atoms with Gasteiger partial charge in [0.1, 0.15) is 5.60 Å². The fourth-order valence-electron chi connectivity index (χ4n) is 2.10. The normalized spacial score (nSPS) is 15.2. The molecular formula is C16H32O2. The van der Waals surface area contributed by atoms with Crippen LogP contribution in [0.4, 0.5) is 0 Å². The summed E-state index contributed by atoms with van der Waals surface area (Å²) < 4.78 is 5.38. The van der Waals surface area contributed by atoms with Gasteiger partial charge in [-0.25, -0.2) is 0 Å². The highest BCUT2D eigenvalue weighted by molar-refractivity contribution is 5.72. The summed E-state index contributed by atoms with van der Waals surface area (Å²) in [6.07, 6.45) is 7.20. The number of hydrogen-bond donors (Lipinski definition) is 0. The summed E-state index contributed by atoms with van der Waals surface area (Å²) >= 11 is 0. The van der Waals surface area contributed by atoms with Crippen molar-refractivity contribution in [2.24, 2.45) is 11.8 Å². The van der Waals surface area contributed by atoms with Gasteiger partial charge in [-0.1, -0.05) is 52.9 Å². The van der Waals surface area contributed by atoms with Gasteiger partial charge in [0.25, 0.3) is 0 Å². The molecule has 0 aromatic heterocycles. The predicted octanol–water partition coefficient (Wildman–Crippen LogP) is 4.96. The van der Waals surface area contributed by atoms with E-state index in [-0.39, 0.29) is 17.5 Å². The zero-order chi connectivity index (χ0) is 14.2. The molecule has 0 bridgehead atoms. The topological polar surface area (TPSA) is 26.3 Å². The average Bonchev–Trinajstić information content (AvgIpc) is 2.22. The molecule has 0 aliphatic heterocycles. The van der Waals surface area contributed by atoms with Gasteiger partial charge >= 0.3 is 5.97 Å². The highest BCUT2D eigenvalue weighted by Crippen LogP contribution is 2.19. The molecule has 0 amide bonds. The van der Waals surface area contributed by atoms with E-state index in [1.807, 2.05) is 27.7 Å². The van der Waals surface area contributed by atoms with E-state index in [1.165, 1.54) is 25.7 Å². The lowest BCUT2D eigenvalue weighted by Gasteiger charge is -2.22. The Morgan fingerprint density at radius 1 is 1.06 bits per heavy atom. The van der Waals surface area contributed by atoms with Crippen LogP contribution in [0.25, 0.3) is 0 Å². The molecule has 0 fully saturated rings. The van der Waals surface area contributed by atoms with E-state index in [1.54, 1.807) is 0 Å². The van der Waals surface area contributed by atoms with Gasteiger partial charge in [0, 0.05) is 0 Å². The molecule has 0 saturated carbocycles. The maximum absolute atomic E-state index is 11.8. The molecule has 0 aliphatic rings. The second-order valence-corrected chi connectivity index (χ2v) is 6.61. The van der Waals surface area contributed by atoms with Gasteiger partial charge in [0.05, 0.1) is 5.92 Å². The van der Waals surface area contributed by atoms with Crippen molar-refractivity contribution < 1.29 is 9.53 Å². The van der Waals surface area contributed by atoms with Crippen molar-refractivity contribution in [2.75, 3.05) is 0 Å². The first-order valence-electron chi connectivity index (χ1n) is 7.49. The molecule has 0 rings (SSSR count). The van der Waals surface area contributed by atoms with Crippen molar-refractivity contribution in [3.05, 3.63) is 0 Å². The largest absolute Gasteiger partial charge is 0.460 e. The monoisotopic (exact) mass is 256 g/mol. The highest BCUT2D eigenvalue weighted by Gasteiger charge is 2.21. The van der Waals surface area contributed by atoms with Crippen LogP contribution in [0.15, 0.2) is 0 Å². The van der Waals surface area contributed by atoms with Crippen LogP contribution in [0.2, 0.25) is 0 Å². The third-order valence-electron chi connectivity index (χ3n) is 3.17. The number of rotatable bonds is 8. The van der Waals surface area contributed by atoms with Gasteiger partial charge in [-0.2, -0.15) is 0 Å². The van der Waals surface area contributed by atoms with Crippen molar-refractivity contribution in [2.45, 2.75) is 85.7 Å². The van der Waals surface area contributed by atoms with Gasteiger partial charge < -0.3 is 4.74 Å². The molecule has 108 valence electrons. The zero-order valence-corrected chi connectivity index (χ0v) is 13.2. The van der Waals surface area contributed by atoms with Crippen LogP contribution in [0.5, 0.6) is 0 Å². The summed E-state index contributed by atoms with van der Waals surface area (Å²) in [5.41, 5.74) is -0.360. The van der Waals surface area contributed by atoms with E-state index >= 15 is 0 Å². The number of ether oxygens (including phenoxy) is 1. The van der Waals surface area contributed by atoms with Gasteiger partial charge in [0.2, 0.25) is 0 Å². The predicted molar refractivity (Wildman–Crippen MR) is 77.5 cm³/mol. The second kappa shape index (κ2) is 8.55. The molecule has 0 aromatic carbocycles. The molecule has 0 heterocycles. The Hall–Kier alpha value is -0.530. The Balaban J connectivity index is 3.70. The lowest BCUT2D eigenvalue weighted by atomic mass is 9.96. The Bertz CT molecular complexity index is 228. The number of esters is 1. The van der Waals surface area contributed by atoms with Crippen LogP contribution in [0.1, 0.15) is 80.1 Å². The third kappa shape index (κ3) is 9.49. The fraction of sp³-hybridized carbons (Fsp3) is 0.938. The molecule has 2 atom stereocenters. The summed E-state index contributed by atoms with van der Waals surface area (Å²) in [6.45, 7) is 12.3. The van der Waals surface area contributed by atoms with Crippen molar-refractivity contribution in [3.63, 3.8) is 0 Å². The molecule has 0 radical (unpaired) electrons. The first kappa shape index (κ1) is 17.5. The lowest BCUT2D eigenvalue weighted by molar-refractivity contribution is -0.159. The highest BCUT2D eigenvalue weighted by atomic mass is 16.6. The molecule has 2 nitrogen and oxygen atoms in total. The Morgan fingerprint density at radius 2 is 1.61 bits per heavy atom. The van der Waals surface area contributed by atoms with Gasteiger partial charge in [0.15, 0.2) is 0 Å². The standard InChI is InChI=1S/C16H32O2/c1-7-10-13(2)11-8-9-12-14(3)15(17)18-16(4,5)6/h13-14H,7-12H2,1-6H3. The Morgan fingerprint density at radius 3 is 2.11 bits per heavy atom. The molecule has 0 spiro atoms. The molecule has 18 heavy (non-hydrogen) atoms. The number of hydrogen-bond acceptors (Lipinski definition) is 2. The molecule has 0 N–H and O–H groups in total. The van der Waals surface area contributed by atoms with E-state index in [0.29, 0.717) is 0 Å². The minimum absolute atomic E-state index is 0.0331. The lowest BCUT2D eigenvalue weighted by Crippen LogP contribution is -2.27. The van der Waals surface area contributed by atoms with Crippen molar-refractivity contribution in [1.82, 2.24) is 0 Å². The summed E-state index contributed by atoms with van der Waals surface area (Å²) in [4.78, 5) is 11.8. The Labute approximate surface area is 113 Å². The summed E-state index contributed by atoms with van der Waals surface area (Å²) in [6, 6.07) is 0. The zero-order valence-electron chi connectivity index (χ0n) is 13.2.